The van der Waals surface area contributed by atoms with Gasteiger partial charge in [0.2, 0.25) is 5.91 Å². The van der Waals surface area contributed by atoms with Crippen molar-refractivity contribution in [1.29, 1.82) is 0 Å². The maximum atomic E-state index is 12.5. The molecule has 1 heterocycles. The Labute approximate surface area is 164 Å². The highest BCUT2D eigenvalue weighted by molar-refractivity contribution is 6.00. The van der Waals surface area contributed by atoms with Gasteiger partial charge in [0.1, 0.15) is 5.76 Å². The van der Waals surface area contributed by atoms with E-state index in [4.69, 9.17) is 4.42 Å². The number of aryl methyl sites for hydroxylation is 1. The minimum Gasteiger partial charge on any atom is -0.467 e. The van der Waals surface area contributed by atoms with Crippen molar-refractivity contribution in [3.63, 3.8) is 0 Å². The first-order valence-electron chi connectivity index (χ1n) is 9.07. The van der Waals surface area contributed by atoms with Crippen molar-refractivity contribution in [2.24, 2.45) is 0 Å². The van der Waals surface area contributed by atoms with Crippen molar-refractivity contribution in [3.05, 3.63) is 89.4 Å². The molecule has 0 unspecified atom stereocenters. The molecule has 0 spiro atoms. The van der Waals surface area contributed by atoms with Gasteiger partial charge in [-0.1, -0.05) is 42.0 Å². The van der Waals surface area contributed by atoms with Crippen LogP contribution in [0.5, 0.6) is 0 Å². The molecule has 0 saturated heterocycles. The van der Waals surface area contributed by atoms with Crippen LogP contribution < -0.4 is 16.0 Å². The average molecular weight is 377 g/mol. The number of rotatable bonds is 8. The van der Waals surface area contributed by atoms with E-state index in [-0.39, 0.29) is 18.4 Å². The Morgan fingerprint density at radius 1 is 0.893 bits per heavy atom. The van der Waals surface area contributed by atoms with Gasteiger partial charge in [-0.25, -0.2) is 0 Å². The zero-order chi connectivity index (χ0) is 19.8. The summed E-state index contributed by atoms with van der Waals surface area (Å²) in [5.41, 5.74) is 3.29. The maximum absolute atomic E-state index is 12.5. The van der Waals surface area contributed by atoms with Crippen LogP contribution in [-0.4, -0.2) is 18.4 Å². The minimum absolute atomic E-state index is 0.0777. The number of hydrogen-bond donors (Lipinski definition) is 3. The highest BCUT2D eigenvalue weighted by Gasteiger charge is 2.12. The van der Waals surface area contributed by atoms with E-state index in [0.29, 0.717) is 30.1 Å². The molecule has 0 bridgehead atoms. The molecule has 0 atom stereocenters. The Morgan fingerprint density at radius 3 is 2.43 bits per heavy atom. The zero-order valence-corrected chi connectivity index (χ0v) is 15.7. The van der Waals surface area contributed by atoms with Crippen LogP contribution in [0, 0.1) is 6.92 Å². The summed E-state index contributed by atoms with van der Waals surface area (Å²) in [6.45, 7) is 2.87. The lowest BCUT2D eigenvalue weighted by Crippen LogP contribution is -2.30. The third kappa shape index (κ3) is 5.48. The number of nitrogens with one attached hydrogen (secondary N) is 3. The second-order valence-corrected chi connectivity index (χ2v) is 6.42. The molecule has 6 nitrogen and oxygen atoms in total. The molecule has 0 saturated carbocycles. The van der Waals surface area contributed by atoms with Gasteiger partial charge in [0.15, 0.2) is 0 Å². The molecule has 3 N–H and O–H groups in total. The van der Waals surface area contributed by atoms with Crippen molar-refractivity contribution in [1.82, 2.24) is 10.6 Å². The van der Waals surface area contributed by atoms with E-state index in [1.807, 2.05) is 37.3 Å². The molecular formula is C22H23N3O3. The lowest BCUT2D eigenvalue weighted by Gasteiger charge is -2.12. The third-order valence-electron chi connectivity index (χ3n) is 4.22. The molecule has 2 amide bonds. The first-order valence-corrected chi connectivity index (χ1v) is 9.07. The number of furan rings is 1. The number of carbonyl (C=O) groups excluding carboxylic acids is 2. The van der Waals surface area contributed by atoms with Crippen LogP contribution in [0.15, 0.2) is 71.3 Å². The first-order chi connectivity index (χ1) is 13.6. The van der Waals surface area contributed by atoms with E-state index in [1.54, 1.807) is 36.6 Å². The molecular weight excluding hydrogens is 354 g/mol. The van der Waals surface area contributed by atoms with Crippen LogP contribution in [0.1, 0.15) is 27.2 Å². The summed E-state index contributed by atoms with van der Waals surface area (Å²) >= 11 is 0. The fourth-order valence-corrected chi connectivity index (χ4v) is 2.66. The highest BCUT2D eigenvalue weighted by atomic mass is 16.3. The van der Waals surface area contributed by atoms with Gasteiger partial charge in [-0.05, 0) is 36.8 Å². The molecule has 144 valence electrons. The summed E-state index contributed by atoms with van der Waals surface area (Å²) in [4.78, 5) is 24.6. The second kappa shape index (κ2) is 9.41. The lowest BCUT2D eigenvalue weighted by atomic mass is 10.1. The molecule has 2 aromatic carbocycles. The molecule has 3 aromatic rings. The Kier molecular flexibility index (Phi) is 6.46. The van der Waals surface area contributed by atoms with Crippen LogP contribution in [0.25, 0.3) is 0 Å². The van der Waals surface area contributed by atoms with Gasteiger partial charge in [-0.2, -0.15) is 0 Å². The standard InChI is InChI=1S/C22H23N3O3/c1-16-8-10-17(11-9-16)13-24-21(26)15-23-20-7-3-2-6-19(20)22(27)25-14-18-5-4-12-28-18/h2-12,23H,13-15H2,1H3,(H,24,26)(H,25,27). The van der Waals surface area contributed by atoms with Crippen molar-refractivity contribution >= 4 is 17.5 Å². The molecule has 3 rings (SSSR count). The van der Waals surface area contributed by atoms with Gasteiger partial charge in [-0.3, -0.25) is 9.59 Å². The van der Waals surface area contributed by atoms with E-state index in [2.05, 4.69) is 16.0 Å². The van der Waals surface area contributed by atoms with Gasteiger partial charge in [0, 0.05) is 12.2 Å². The molecule has 6 heteroatoms. The van der Waals surface area contributed by atoms with Crippen LogP contribution in [0.2, 0.25) is 0 Å². The minimum atomic E-state index is -0.237. The first kappa shape index (κ1) is 19.2. The number of amides is 2. The largest absolute Gasteiger partial charge is 0.467 e. The molecule has 0 fully saturated rings. The predicted molar refractivity (Wildman–Crippen MR) is 108 cm³/mol. The van der Waals surface area contributed by atoms with Crippen molar-refractivity contribution < 1.29 is 14.0 Å². The van der Waals surface area contributed by atoms with E-state index in [1.165, 1.54) is 5.56 Å². The van der Waals surface area contributed by atoms with Gasteiger partial charge in [0.05, 0.1) is 24.9 Å². The molecule has 0 radical (unpaired) electrons. The van der Waals surface area contributed by atoms with Crippen molar-refractivity contribution in [2.45, 2.75) is 20.0 Å². The van der Waals surface area contributed by atoms with Crippen molar-refractivity contribution in [2.75, 3.05) is 11.9 Å². The summed E-state index contributed by atoms with van der Waals surface area (Å²) in [5, 5.41) is 8.71. The number of anilines is 1. The van der Waals surface area contributed by atoms with Gasteiger partial charge in [0.25, 0.3) is 5.91 Å². The predicted octanol–water partition coefficient (Wildman–Crippen LogP) is 3.25. The Morgan fingerprint density at radius 2 is 1.68 bits per heavy atom. The number of hydrogen-bond acceptors (Lipinski definition) is 4. The fourth-order valence-electron chi connectivity index (χ4n) is 2.66. The molecule has 0 aliphatic carbocycles. The summed E-state index contributed by atoms with van der Waals surface area (Å²) in [6, 6.07) is 18.6. The van der Waals surface area contributed by atoms with E-state index in [9.17, 15) is 9.59 Å². The summed E-state index contributed by atoms with van der Waals surface area (Å²) < 4.78 is 5.22. The van der Waals surface area contributed by atoms with Gasteiger partial charge in [-0.15, -0.1) is 0 Å². The molecule has 1 aromatic heterocycles. The zero-order valence-electron chi connectivity index (χ0n) is 15.7. The number of benzene rings is 2. The lowest BCUT2D eigenvalue weighted by molar-refractivity contribution is -0.119. The Bertz CT molecular complexity index is 918. The van der Waals surface area contributed by atoms with Gasteiger partial charge >= 0.3 is 0 Å². The molecule has 28 heavy (non-hydrogen) atoms. The second-order valence-electron chi connectivity index (χ2n) is 6.42. The normalized spacial score (nSPS) is 10.3. The summed E-state index contributed by atoms with van der Waals surface area (Å²) in [6.07, 6.45) is 1.56. The average Bonchev–Trinajstić information content (AvgIpc) is 3.24. The van der Waals surface area contributed by atoms with E-state index in [0.717, 1.165) is 5.56 Å². The number of para-hydroxylation sites is 1. The van der Waals surface area contributed by atoms with Gasteiger partial charge < -0.3 is 20.4 Å². The Hall–Kier alpha value is -3.54. The highest BCUT2D eigenvalue weighted by Crippen LogP contribution is 2.15. The van der Waals surface area contributed by atoms with Crippen molar-refractivity contribution in [3.8, 4) is 0 Å². The van der Waals surface area contributed by atoms with Crippen LogP contribution >= 0.6 is 0 Å². The maximum Gasteiger partial charge on any atom is 0.253 e. The molecule has 0 aliphatic heterocycles. The summed E-state index contributed by atoms with van der Waals surface area (Å²) in [5.74, 6) is 0.292. The smallest absolute Gasteiger partial charge is 0.253 e. The summed E-state index contributed by atoms with van der Waals surface area (Å²) in [7, 11) is 0. The fraction of sp³-hybridized carbons (Fsp3) is 0.182. The van der Waals surface area contributed by atoms with Crippen LogP contribution in [0.4, 0.5) is 5.69 Å². The Balaban J connectivity index is 1.51. The quantitative estimate of drug-likeness (QED) is 0.563. The topological polar surface area (TPSA) is 83.4 Å². The van der Waals surface area contributed by atoms with E-state index >= 15 is 0 Å². The monoisotopic (exact) mass is 377 g/mol. The number of carbonyl (C=O) groups is 2. The van der Waals surface area contributed by atoms with E-state index < -0.39 is 0 Å². The SMILES string of the molecule is Cc1ccc(CNC(=O)CNc2ccccc2C(=O)NCc2ccco2)cc1. The molecule has 0 aliphatic rings. The van der Waals surface area contributed by atoms with Crippen LogP contribution in [-0.2, 0) is 17.9 Å². The third-order valence-corrected chi connectivity index (χ3v) is 4.22. The van der Waals surface area contributed by atoms with Crippen LogP contribution in [0.3, 0.4) is 0 Å².